The minimum absolute atomic E-state index is 0.00620. The van der Waals surface area contributed by atoms with Gasteiger partial charge in [-0.1, -0.05) is 66.7 Å². The van der Waals surface area contributed by atoms with Crippen LogP contribution < -0.4 is 10.1 Å². The van der Waals surface area contributed by atoms with Crippen LogP contribution in [0.3, 0.4) is 0 Å². The van der Waals surface area contributed by atoms with E-state index in [0.717, 1.165) is 22.0 Å². The van der Waals surface area contributed by atoms with Gasteiger partial charge in [-0.3, -0.25) is 4.79 Å². The molecule has 0 aliphatic rings. The number of H-pyrrole nitrogens is 1. The molecule has 4 aromatic rings. The summed E-state index contributed by atoms with van der Waals surface area (Å²) < 4.78 is 16.4. The van der Waals surface area contributed by atoms with Gasteiger partial charge in [-0.05, 0) is 28.8 Å². The number of aromatic nitrogens is 1. The smallest absolute Gasteiger partial charge is 0.407 e. The number of esters is 1. The van der Waals surface area contributed by atoms with Crippen LogP contribution in [0.25, 0.3) is 10.9 Å². The predicted octanol–water partition coefficient (Wildman–Crippen LogP) is 4.93. The van der Waals surface area contributed by atoms with Gasteiger partial charge in [0.1, 0.15) is 24.9 Å². The third kappa shape index (κ3) is 5.56. The normalized spacial score (nSPS) is 11.6. The van der Waals surface area contributed by atoms with Gasteiger partial charge < -0.3 is 24.5 Å². The average molecular weight is 459 g/mol. The molecule has 0 aliphatic heterocycles. The Labute approximate surface area is 197 Å². The fourth-order valence-electron chi connectivity index (χ4n) is 3.73. The van der Waals surface area contributed by atoms with Crippen molar-refractivity contribution in [2.75, 3.05) is 13.7 Å². The molecule has 1 unspecified atom stereocenters. The molecule has 3 aromatic carbocycles. The molecule has 1 atom stereocenters. The molecule has 0 radical (unpaired) electrons. The number of alkyl carbamates (subject to hydrolysis) is 1. The van der Waals surface area contributed by atoms with Crippen LogP contribution in [-0.4, -0.2) is 30.7 Å². The molecular formula is C27H26N2O5. The summed E-state index contributed by atoms with van der Waals surface area (Å²) >= 11 is 0. The minimum atomic E-state index is -0.766. The van der Waals surface area contributed by atoms with Crippen molar-refractivity contribution >= 4 is 23.0 Å². The average Bonchev–Trinajstić information content (AvgIpc) is 3.32. The first-order chi connectivity index (χ1) is 16.7. The summed E-state index contributed by atoms with van der Waals surface area (Å²) in [5.41, 5.74) is 3.25. The third-order valence-electron chi connectivity index (χ3n) is 5.47. The second-order valence-corrected chi connectivity index (χ2v) is 7.72. The Balaban J connectivity index is 1.50. The molecule has 1 amide bonds. The molecule has 1 aromatic heterocycles. The van der Waals surface area contributed by atoms with Gasteiger partial charge in [0.2, 0.25) is 0 Å². The van der Waals surface area contributed by atoms with Crippen molar-refractivity contribution in [2.45, 2.75) is 19.1 Å². The molecule has 0 bridgehead atoms. The standard InChI is InChI=1S/C27H26N2O5/c1-32-24-14-8-13-23-25(24)21(15-28-23)22(26(30)33-17-19-9-4-2-5-10-19)16-29-27(31)34-18-20-11-6-3-7-12-20/h2-15,22,28H,16-18H2,1H3,(H,29,31). The molecule has 0 spiro atoms. The van der Waals surface area contributed by atoms with E-state index in [1.165, 1.54) is 0 Å². The second-order valence-electron chi connectivity index (χ2n) is 7.72. The number of ether oxygens (including phenoxy) is 3. The fourth-order valence-corrected chi connectivity index (χ4v) is 3.73. The van der Waals surface area contributed by atoms with Gasteiger partial charge in [0.05, 0.1) is 7.11 Å². The van der Waals surface area contributed by atoms with E-state index in [-0.39, 0.29) is 19.8 Å². The molecule has 0 saturated heterocycles. The molecule has 1 heterocycles. The molecular weight excluding hydrogens is 432 g/mol. The number of nitrogens with one attached hydrogen (secondary N) is 2. The lowest BCUT2D eigenvalue weighted by Gasteiger charge is -2.17. The van der Waals surface area contributed by atoms with Crippen molar-refractivity contribution in [1.29, 1.82) is 0 Å². The van der Waals surface area contributed by atoms with Gasteiger partial charge in [0.15, 0.2) is 0 Å². The highest BCUT2D eigenvalue weighted by Gasteiger charge is 2.27. The Hall–Kier alpha value is -4.26. The number of fused-ring (bicyclic) bond motifs is 1. The van der Waals surface area contributed by atoms with Crippen LogP contribution in [0.4, 0.5) is 4.79 Å². The maximum absolute atomic E-state index is 13.2. The highest BCUT2D eigenvalue weighted by Crippen LogP contribution is 2.33. The molecule has 7 heteroatoms. The molecule has 174 valence electrons. The van der Waals surface area contributed by atoms with Crippen molar-refractivity contribution in [1.82, 2.24) is 10.3 Å². The van der Waals surface area contributed by atoms with Gasteiger partial charge in [-0.25, -0.2) is 4.79 Å². The van der Waals surface area contributed by atoms with E-state index >= 15 is 0 Å². The topological polar surface area (TPSA) is 89.6 Å². The Morgan fingerprint density at radius 1 is 0.853 bits per heavy atom. The summed E-state index contributed by atoms with van der Waals surface area (Å²) in [7, 11) is 1.58. The monoisotopic (exact) mass is 458 g/mol. The molecule has 4 rings (SSSR count). The number of carbonyl (C=O) groups is 2. The minimum Gasteiger partial charge on any atom is -0.496 e. The number of hydrogen-bond acceptors (Lipinski definition) is 5. The first kappa shape index (κ1) is 22.9. The van der Waals surface area contributed by atoms with E-state index in [1.54, 1.807) is 13.3 Å². The number of aromatic amines is 1. The number of methoxy groups -OCH3 is 1. The quantitative estimate of drug-likeness (QED) is 0.347. The number of amides is 1. The van der Waals surface area contributed by atoms with Gasteiger partial charge in [0.25, 0.3) is 0 Å². The Morgan fingerprint density at radius 2 is 1.50 bits per heavy atom. The van der Waals surface area contributed by atoms with Gasteiger partial charge in [-0.15, -0.1) is 0 Å². The van der Waals surface area contributed by atoms with Crippen LogP contribution in [0.15, 0.2) is 85.1 Å². The van der Waals surface area contributed by atoms with Gasteiger partial charge in [0, 0.05) is 23.6 Å². The second kappa shape index (κ2) is 11.0. The molecule has 0 aliphatic carbocycles. The zero-order valence-corrected chi connectivity index (χ0v) is 18.8. The van der Waals surface area contributed by atoms with Gasteiger partial charge in [-0.2, -0.15) is 0 Å². The Morgan fingerprint density at radius 3 is 2.15 bits per heavy atom. The largest absolute Gasteiger partial charge is 0.496 e. The first-order valence-electron chi connectivity index (χ1n) is 10.9. The molecule has 2 N–H and O–H groups in total. The van der Waals surface area contributed by atoms with Crippen molar-refractivity contribution in [3.8, 4) is 5.75 Å². The third-order valence-corrected chi connectivity index (χ3v) is 5.47. The van der Waals surface area contributed by atoms with Crippen molar-refractivity contribution < 1.29 is 23.8 Å². The summed E-state index contributed by atoms with van der Waals surface area (Å²) in [6, 6.07) is 24.4. The SMILES string of the molecule is COc1cccc2[nH]cc(C(CNC(=O)OCc3ccccc3)C(=O)OCc3ccccc3)c12. The zero-order chi connectivity index (χ0) is 23.8. The van der Waals surface area contributed by atoms with E-state index in [0.29, 0.717) is 11.3 Å². The number of rotatable bonds is 9. The Bertz CT molecular complexity index is 1240. The molecule has 0 fully saturated rings. The summed E-state index contributed by atoms with van der Waals surface area (Å²) in [5.74, 6) is -0.599. The molecule has 7 nitrogen and oxygen atoms in total. The first-order valence-corrected chi connectivity index (χ1v) is 10.9. The van der Waals surface area contributed by atoms with Crippen LogP contribution in [-0.2, 0) is 27.5 Å². The highest BCUT2D eigenvalue weighted by atomic mass is 16.5. The summed E-state index contributed by atoms with van der Waals surface area (Å²) in [4.78, 5) is 28.7. The van der Waals surface area contributed by atoms with Crippen LogP contribution in [0.1, 0.15) is 22.6 Å². The van der Waals surface area contributed by atoms with E-state index in [4.69, 9.17) is 14.2 Å². The lowest BCUT2D eigenvalue weighted by Crippen LogP contribution is -2.33. The van der Waals surface area contributed by atoms with Gasteiger partial charge >= 0.3 is 12.1 Å². The Kier molecular flexibility index (Phi) is 7.45. The molecule has 0 saturated carbocycles. The maximum atomic E-state index is 13.2. The van der Waals surface area contributed by atoms with Crippen LogP contribution in [0, 0.1) is 0 Å². The van der Waals surface area contributed by atoms with Crippen molar-refractivity contribution in [2.24, 2.45) is 0 Å². The maximum Gasteiger partial charge on any atom is 0.407 e. The molecule has 34 heavy (non-hydrogen) atoms. The fraction of sp³-hybridized carbons (Fsp3) is 0.185. The van der Waals surface area contributed by atoms with Crippen LogP contribution in [0.2, 0.25) is 0 Å². The number of carbonyl (C=O) groups excluding carboxylic acids is 2. The van der Waals surface area contributed by atoms with E-state index < -0.39 is 18.0 Å². The highest BCUT2D eigenvalue weighted by molar-refractivity contribution is 5.94. The summed E-state index contributed by atoms with van der Waals surface area (Å²) in [6.45, 7) is 0.275. The number of benzene rings is 3. The van der Waals surface area contributed by atoms with E-state index in [1.807, 2.05) is 78.9 Å². The van der Waals surface area contributed by atoms with Crippen LogP contribution in [0.5, 0.6) is 5.75 Å². The summed E-state index contributed by atoms with van der Waals surface area (Å²) in [6.07, 6.45) is 1.13. The van der Waals surface area contributed by atoms with E-state index in [2.05, 4.69) is 10.3 Å². The number of hydrogen-bond donors (Lipinski definition) is 2. The lowest BCUT2D eigenvalue weighted by atomic mass is 9.98. The van der Waals surface area contributed by atoms with E-state index in [9.17, 15) is 9.59 Å². The predicted molar refractivity (Wildman–Crippen MR) is 128 cm³/mol. The zero-order valence-electron chi connectivity index (χ0n) is 18.8. The lowest BCUT2D eigenvalue weighted by molar-refractivity contribution is -0.146. The van der Waals surface area contributed by atoms with Crippen molar-refractivity contribution in [3.63, 3.8) is 0 Å². The van der Waals surface area contributed by atoms with Crippen molar-refractivity contribution in [3.05, 3.63) is 102 Å². The summed E-state index contributed by atoms with van der Waals surface area (Å²) in [5, 5.41) is 3.48. The van der Waals surface area contributed by atoms with Crippen LogP contribution >= 0.6 is 0 Å².